The molecule has 0 fully saturated rings. The van der Waals surface area contributed by atoms with Crippen LogP contribution in [0, 0.1) is 13.8 Å². The summed E-state index contributed by atoms with van der Waals surface area (Å²) in [6, 6.07) is 1.86. The molecular formula is C12H10ClN3O. The van der Waals surface area contributed by atoms with Gasteiger partial charge >= 0.3 is 0 Å². The van der Waals surface area contributed by atoms with E-state index in [0.29, 0.717) is 23.4 Å². The lowest BCUT2D eigenvalue weighted by Gasteiger charge is -2.08. The van der Waals surface area contributed by atoms with Gasteiger partial charge in [-0.2, -0.15) is 0 Å². The van der Waals surface area contributed by atoms with Crippen molar-refractivity contribution < 1.29 is 4.79 Å². The Labute approximate surface area is 104 Å². The molecule has 0 atom stereocenters. The van der Waals surface area contributed by atoms with Gasteiger partial charge in [-0.05, 0) is 25.5 Å². The van der Waals surface area contributed by atoms with Gasteiger partial charge in [-0.15, -0.1) is 0 Å². The first-order valence-electron chi connectivity index (χ1n) is 5.03. The van der Waals surface area contributed by atoms with E-state index in [1.54, 1.807) is 19.3 Å². The third-order valence-corrected chi connectivity index (χ3v) is 2.71. The average molecular weight is 248 g/mol. The van der Waals surface area contributed by atoms with Crippen molar-refractivity contribution >= 4 is 17.9 Å². The summed E-state index contributed by atoms with van der Waals surface area (Å²) < 4.78 is 0. The molecule has 0 unspecified atom stereocenters. The van der Waals surface area contributed by atoms with Gasteiger partial charge in [-0.3, -0.25) is 9.78 Å². The number of nitrogens with zero attached hydrogens (tertiary/aromatic N) is 3. The first kappa shape index (κ1) is 11.7. The van der Waals surface area contributed by atoms with Crippen LogP contribution in [-0.2, 0) is 0 Å². The van der Waals surface area contributed by atoms with Crippen LogP contribution >= 0.6 is 11.6 Å². The molecule has 2 heterocycles. The van der Waals surface area contributed by atoms with Crippen LogP contribution in [0.15, 0.2) is 18.5 Å². The molecule has 0 aliphatic heterocycles. The Hall–Kier alpha value is -1.81. The van der Waals surface area contributed by atoms with Crippen molar-refractivity contribution in [3.05, 3.63) is 40.6 Å². The van der Waals surface area contributed by atoms with Crippen LogP contribution in [0.1, 0.15) is 21.7 Å². The van der Waals surface area contributed by atoms with E-state index in [4.69, 9.17) is 11.6 Å². The van der Waals surface area contributed by atoms with E-state index < -0.39 is 0 Å². The van der Waals surface area contributed by atoms with Crippen molar-refractivity contribution in [1.29, 1.82) is 0 Å². The second kappa shape index (κ2) is 4.59. The van der Waals surface area contributed by atoms with Gasteiger partial charge in [0.25, 0.3) is 0 Å². The Morgan fingerprint density at radius 2 is 2.06 bits per heavy atom. The van der Waals surface area contributed by atoms with Crippen LogP contribution in [0.2, 0.25) is 5.15 Å². The van der Waals surface area contributed by atoms with Gasteiger partial charge in [0.05, 0.1) is 11.3 Å². The Bertz CT molecular complexity index is 584. The van der Waals surface area contributed by atoms with E-state index >= 15 is 0 Å². The molecule has 2 rings (SSSR count). The molecule has 0 amide bonds. The predicted octanol–water partition coefficient (Wildman–Crippen LogP) is 2.62. The Balaban J connectivity index is 2.75. The van der Waals surface area contributed by atoms with Crippen LogP contribution < -0.4 is 0 Å². The maximum Gasteiger partial charge on any atom is 0.155 e. The zero-order valence-corrected chi connectivity index (χ0v) is 10.2. The summed E-state index contributed by atoms with van der Waals surface area (Å²) in [4.78, 5) is 23.3. The largest absolute Gasteiger partial charge is 0.298 e. The number of rotatable bonds is 2. The lowest BCUT2D eigenvalue weighted by Crippen LogP contribution is -2.00. The zero-order chi connectivity index (χ0) is 12.4. The van der Waals surface area contributed by atoms with Gasteiger partial charge in [0.15, 0.2) is 6.29 Å². The zero-order valence-electron chi connectivity index (χ0n) is 9.44. The van der Waals surface area contributed by atoms with E-state index in [9.17, 15) is 4.79 Å². The number of aromatic nitrogens is 3. The maximum absolute atomic E-state index is 11.1. The molecule has 0 radical (unpaired) electrons. The van der Waals surface area contributed by atoms with Crippen molar-refractivity contribution in [1.82, 2.24) is 15.0 Å². The minimum Gasteiger partial charge on any atom is -0.298 e. The summed E-state index contributed by atoms with van der Waals surface area (Å²) in [7, 11) is 0. The smallest absolute Gasteiger partial charge is 0.155 e. The SMILES string of the molecule is Cc1nc(Cl)c(C=O)c(-c2cnccc2C)n1. The normalized spacial score (nSPS) is 10.3. The van der Waals surface area contributed by atoms with Gasteiger partial charge < -0.3 is 0 Å². The van der Waals surface area contributed by atoms with Crippen molar-refractivity contribution in [3.63, 3.8) is 0 Å². The summed E-state index contributed by atoms with van der Waals surface area (Å²) in [5.74, 6) is 0.527. The van der Waals surface area contributed by atoms with Gasteiger partial charge in [-0.1, -0.05) is 11.6 Å². The third kappa shape index (κ3) is 2.17. The van der Waals surface area contributed by atoms with Crippen LogP contribution in [0.25, 0.3) is 11.3 Å². The number of pyridine rings is 1. The fraction of sp³-hybridized carbons (Fsp3) is 0.167. The van der Waals surface area contributed by atoms with Crippen molar-refractivity contribution in [2.24, 2.45) is 0 Å². The number of aldehydes is 1. The average Bonchev–Trinajstić information content (AvgIpc) is 2.28. The van der Waals surface area contributed by atoms with E-state index in [2.05, 4.69) is 15.0 Å². The molecule has 0 aromatic carbocycles. The van der Waals surface area contributed by atoms with Crippen molar-refractivity contribution in [2.45, 2.75) is 13.8 Å². The standard InChI is InChI=1S/C12H10ClN3O/c1-7-3-4-14-5-9(7)11-10(6-17)12(13)16-8(2)15-11/h3-6H,1-2H3. The molecule has 4 nitrogen and oxygen atoms in total. The van der Waals surface area contributed by atoms with Crippen LogP contribution in [0.3, 0.4) is 0 Å². The summed E-state index contributed by atoms with van der Waals surface area (Å²) in [6.45, 7) is 3.66. The van der Waals surface area contributed by atoms with E-state index in [0.717, 1.165) is 11.1 Å². The summed E-state index contributed by atoms with van der Waals surface area (Å²) in [6.07, 6.45) is 4.03. The highest BCUT2D eigenvalue weighted by molar-refractivity contribution is 6.32. The van der Waals surface area contributed by atoms with E-state index in [1.165, 1.54) is 0 Å². The van der Waals surface area contributed by atoms with Gasteiger partial charge in [0, 0.05) is 18.0 Å². The number of hydrogen-bond acceptors (Lipinski definition) is 4. The lowest BCUT2D eigenvalue weighted by atomic mass is 10.1. The Morgan fingerprint density at radius 1 is 1.29 bits per heavy atom. The highest BCUT2D eigenvalue weighted by Crippen LogP contribution is 2.26. The fourth-order valence-corrected chi connectivity index (χ4v) is 1.83. The highest BCUT2D eigenvalue weighted by Gasteiger charge is 2.14. The number of carbonyl (C=O) groups excluding carboxylic acids is 1. The summed E-state index contributed by atoms with van der Waals surface area (Å²) >= 11 is 5.93. The van der Waals surface area contributed by atoms with E-state index in [1.807, 2.05) is 13.0 Å². The molecule has 0 saturated heterocycles. The van der Waals surface area contributed by atoms with Crippen LogP contribution in [-0.4, -0.2) is 21.2 Å². The topological polar surface area (TPSA) is 55.7 Å². The fourth-order valence-electron chi connectivity index (χ4n) is 1.57. The maximum atomic E-state index is 11.1. The Kier molecular flexibility index (Phi) is 3.15. The lowest BCUT2D eigenvalue weighted by molar-refractivity contribution is 0.112. The number of carbonyl (C=O) groups is 1. The molecule has 0 bridgehead atoms. The number of aryl methyl sites for hydroxylation is 2. The van der Waals surface area contributed by atoms with Gasteiger partial charge in [0.1, 0.15) is 11.0 Å². The quantitative estimate of drug-likeness (QED) is 0.605. The minimum atomic E-state index is 0.172. The molecule has 17 heavy (non-hydrogen) atoms. The second-order valence-electron chi connectivity index (χ2n) is 3.63. The summed E-state index contributed by atoms with van der Waals surface area (Å²) in [5, 5.41) is 0.172. The van der Waals surface area contributed by atoms with Crippen LogP contribution in [0.4, 0.5) is 0 Å². The Morgan fingerprint density at radius 3 is 2.71 bits per heavy atom. The molecule has 86 valence electrons. The van der Waals surface area contributed by atoms with Crippen molar-refractivity contribution in [2.75, 3.05) is 0 Å². The molecule has 0 saturated carbocycles. The third-order valence-electron chi connectivity index (χ3n) is 2.42. The molecule has 2 aromatic heterocycles. The minimum absolute atomic E-state index is 0.172. The van der Waals surface area contributed by atoms with Gasteiger partial charge in [-0.25, -0.2) is 9.97 Å². The number of hydrogen-bond donors (Lipinski definition) is 0. The molecule has 0 N–H and O–H groups in total. The first-order valence-corrected chi connectivity index (χ1v) is 5.41. The molecule has 0 aliphatic rings. The summed E-state index contributed by atoms with van der Waals surface area (Å²) in [5.41, 5.74) is 2.61. The molecule has 0 spiro atoms. The monoisotopic (exact) mass is 247 g/mol. The number of halogens is 1. The predicted molar refractivity (Wildman–Crippen MR) is 65.1 cm³/mol. The second-order valence-corrected chi connectivity index (χ2v) is 3.99. The van der Waals surface area contributed by atoms with Crippen LogP contribution in [0.5, 0.6) is 0 Å². The van der Waals surface area contributed by atoms with E-state index in [-0.39, 0.29) is 5.15 Å². The molecular weight excluding hydrogens is 238 g/mol. The first-order chi connectivity index (χ1) is 8.13. The van der Waals surface area contributed by atoms with Crippen molar-refractivity contribution in [3.8, 4) is 11.3 Å². The molecule has 0 aliphatic carbocycles. The molecule has 2 aromatic rings. The highest BCUT2D eigenvalue weighted by atomic mass is 35.5. The molecule has 5 heteroatoms. The van der Waals surface area contributed by atoms with Gasteiger partial charge in [0.2, 0.25) is 0 Å².